The Hall–Kier alpha value is -0.650. The van der Waals surface area contributed by atoms with Crippen molar-refractivity contribution >= 4 is 5.91 Å². The summed E-state index contributed by atoms with van der Waals surface area (Å²) in [5.41, 5.74) is -0.246. The topological polar surface area (TPSA) is 44.8 Å². The van der Waals surface area contributed by atoms with Crippen LogP contribution in [0.15, 0.2) is 0 Å². The zero-order valence-electron chi connectivity index (χ0n) is 13.2. The average molecular weight is 283 g/mol. The fraction of sp³-hybridized carbons (Fsp3) is 0.933. The van der Waals surface area contributed by atoms with Crippen LogP contribution in [0, 0.1) is 0 Å². The van der Waals surface area contributed by atoms with Crippen LogP contribution in [0.4, 0.5) is 0 Å². The Kier molecular flexibility index (Phi) is 5.41. The number of nitrogens with one attached hydrogen (secondary N) is 1. The van der Waals surface area contributed by atoms with E-state index in [2.05, 4.69) is 17.1 Å². The molecule has 116 valence electrons. The molecule has 1 aliphatic heterocycles. The van der Waals surface area contributed by atoms with E-state index in [1.54, 1.807) is 0 Å². The van der Waals surface area contributed by atoms with Gasteiger partial charge in [0.2, 0.25) is 5.91 Å². The third-order valence-electron chi connectivity index (χ3n) is 4.49. The van der Waals surface area contributed by atoms with E-state index in [1.165, 1.54) is 12.8 Å². The third kappa shape index (κ3) is 3.32. The molecule has 1 aliphatic carbocycles. The summed E-state index contributed by atoms with van der Waals surface area (Å²) in [7, 11) is 4.07. The Morgan fingerprint density at radius 3 is 2.65 bits per heavy atom. The summed E-state index contributed by atoms with van der Waals surface area (Å²) >= 11 is 0. The Morgan fingerprint density at radius 1 is 1.35 bits per heavy atom. The molecular formula is C15H29N3O2. The maximum absolute atomic E-state index is 12.7. The van der Waals surface area contributed by atoms with Gasteiger partial charge in [-0.3, -0.25) is 10.1 Å². The highest BCUT2D eigenvalue weighted by Gasteiger charge is 2.51. The Balaban J connectivity index is 1.81. The second-order valence-corrected chi connectivity index (χ2v) is 6.27. The van der Waals surface area contributed by atoms with Crippen LogP contribution < -0.4 is 5.32 Å². The number of hydrogen-bond acceptors (Lipinski definition) is 4. The van der Waals surface area contributed by atoms with E-state index in [9.17, 15) is 4.79 Å². The molecule has 1 atom stereocenters. The highest BCUT2D eigenvalue weighted by atomic mass is 16.5. The molecule has 1 spiro atoms. The van der Waals surface area contributed by atoms with E-state index >= 15 is 0 Å². The predicted molar refractivity (Wildman–Crippen MR) is 79.5 cm³/mol. The van der Waals surface area contributed by atoms with Gasteiger partial charge >= 0.3 is 0 Å². The number of carbonyl (C=O) groups is 1. The molecule has 1 saturated carbocycles. The quantitative estimate of drug-likeness (QED) is 0.709. The monoisotopic (exact) mass is 283 g/mol. The molecule has 1 saturated heterocycles. The molecule has 2 aliphatic rings. The highest BCUT2D eigenvalue weighted by Crippen LogP contribution is 2.36. The van der Waals surface area contributed by atoms with Crippen molar-refractivity contribution in [3.8, 4) is 0 Å². The molecule has 1 unspecified atom stereocenters. The Bertz CT molecular complexity index is 327. The van der Waals surface area contributed by atoms with Crippen LogP contribution >= 0.6 is 0 Å². The van der Waals surface area contributed by atoms with Crippen molar-refractivity contribution in [1.29, 1.82) is 0 Å². The molecule has 1 heterocycles. The molecule has 0 radical (unpaired) electrons. The lowest BCUT2D eigenvalue weighted by Crippen LogP contribution is -2.44. The average Bonchev–Trinajstić information content (AvgIpc) is 2.98. The predicted octanol–water partition coefficient (Wildman–Crippen LogP) is 1.05. The van der Waals surface area contributed by atoms with Crippen molar-refractivity contribution in [2.24, 2.45) is 0 Å². The standard InChI is InChI=1S/C15H29N3O2/c1-4-13-16-15(7-5-6-8-15)14(19)18(13)10-12-20-11-9-17(2)3/h13,16H,4-12H2,1-3H3. The van der Waals surface area contributed by atoms with Gasteiger partial charge in [0.1, 0.15) is 0 Å². The van der Waals surface area contributed by atoms with Crippen molar-refractivity contribution in [1.82, 2.24) is 15.1 Å². The number of nitrogens with zero attached hydrogens (tertiary/aromatic N) is 2. The van der Waals surface area contributed by atoms with Gasteiger partial charge < -0.3 is 14.5 Å². The first kappa shape index (κ1) is 15.7. The first-order valence-electron chi connectivity index (χ1n) is 7.90. The lowest BCUT2D eigenvalue weighted by molar-refractivity contribution is -0.133. The second kappa shape index (κ2) is 6.87. The number of hydrogen-bond donors (Lipinski definition) is 1. The van der Waals surface area contributed by atoms with Crippen molar-refractivity contribution in [3.05, 3.63) is 0 Å². The fourth-order valence-corrected chi connectivity index (χ4v) is 3.30. The summed E-state index contributed by atoms with van der Waals surface area (Å²) in [6.45, 7) is 5.13. The minimum Gasteiger partial charge on any atom is -0.378 e. The molecule has 0 aromatic heterocycles. The second-order valence-electron chi connectivity index (χ2n) is 6.27. The van der Waals surface area contributed by atoms with Crippen molar-refractivity contribution < 1.29 is 9.53 Å². The Labute approximate surface area is 122 Å². The molecule has 5 heteroatoms. The van der Waals surface area contributed by atoms with Crippen LogP contribution in [0.2, 0.25) is 0 Å². The van der Waals surface area contributed by atoms with Gasteiger partial charge in [-0.25, -0.2) is 0 Å². The number of rotatable bonds is 7. The third-order valence-corrected chi connectivity index (χ3v) is 4.49. The first-order chi connectivity index (χ1) is 9.59. The summed E-state index contributed by atoms with van der Waals surface area (Å²) in [6, 6.07) is 0. The molecule has 2 fully saturated rings. The summed E-state index contributed by atoms with van der Waals surface area (Å²) in [5.74, 6) is 0.304. The van der Waals surface area contributed by atoms with Gasteiger partial charge in [0.15, 0.2) is 0 Å². The maximum Gasteiger partial charge on any atom is 0.244 e. The van der Waals surface area contributed by atoms with E-state index in [0.717, 1.165) is 32.4 Å². The van der Waals surface area contributed by atoms with E-state index in [1.807, 2.05) is 19.0 Å². The molecule has 20 heavy (non-hydrogen) atoms. The summed E-state index contributed by atoms with van der Waals surface area (Å²) in [6.07, 6.45) is 5.49. The largest absolute Gasteiger partial charge is 0.378 e. The zero-order chi connectivity index (χ0) is 14.6. The van der Waals surface area contributed by atoms with Crippen molar-refractivity contribution in [3.63, 3.8) is 0 Å². The molecule has 2 rings (SSSR count). The SMILES string of the molecule is CCC1NC2(CCCC2)C(=O)N1CCOCCN(C)C. The van der Waals surface area contributed by atoms with Crippen LogP contribution in [0.3, 0.4) is 0 Å². The highest BCUT2D eigenvalue weighted by molar-refractivity contribution is 5.89. The number of carbonyl (C=O) groups excluding carboxylic acids is 1. The molecule has 0 aromatic rings. The van der Waals surface area contributed by atoms with Crippen LogP contribution in [0.1, 0.15) is 39.0 Å². The molecule has 1 N–H and O–H groups in total. The molecule has 0 aromatic carbocycles. The summed E-state index contributed by atoms with van der Waals surface area (Å²) in [5, 5.41) is 3.59. The van der Waals surface area contributed by atoms with E-state index in [0.29, 0.717) is 19.1 Å². The molecule has 1 amide bonds. The normalized spacial score (nSPS) is 25.3. The zero-order valence-corrected chi connectivity index (χ0v) is 13.2. The molecule has 0 bridgehead atoms. The van der Waals surface area contributed by atoms with Crippen LogP contribution in [0.25, 0.3) is 0 Å². The lowest BCUT2D eigenvalue weighted by Gasteiger charge is -2.23. The van der Waals surface area contributed by atoms with Crippen molar-refractivity contribution in [2.45, 2.75) is 50.7 Å². The minimum atomic E-state index is -0.246. The minimum absolute atomic E-state index is 0.193. The first-order valence-corrected chi connectivity index (χ1v) is 7.90. The van der Waals surface area contributed by atoms with Gasteiger partial charge in [-0.1, -0.05) is 19.8 Å². The van der Waals surface area contributed by atoms with Crippen molar-refractivity contribution in [2.75, 3.05) is 40.4 Å². The Morgan fingerprint density at radius 2 is 2.05 bits per heavy atom. The maximum atomic E-state index is 12.7. The number of ether oxygens (including phenoxy) is 1. The van der Waals surface area contributed by atoms with E-state index < -0.39 is 0 Å². The van der Waals surface area contributed by atoms with E-state index in [-0.39, 0.29) is 11.7 Å². The lowest BCUT2D eigenvalue weighted by atomic mass is 9.98. The molecule has 5 nitrogen and oxygen atoms in total. The van der Waals surface area contributed by atoms with Gasteiger partial charge in [-0.2, -0.15) is 0 Å². The van der Waals surface area contributed by atoms with Gasteiger partial charge in [-0.05, 0) is 33.4 Å². The van der Waals surface area contributed by atoms with Gasteiger partial charge in [0.25, 0.3) is 0 Å². The number of amides is 1. The van der Waals surface area contributed by atoms with Gasteiger partial charge in [0.05, 0.1) is 24.9 Å². The van der Waals surface area contributed by atoms with Crippen LogP contribution in [-0.2, 0) is 9.53 Å². The summed E-state index contributed by atoms with van der Waals surface area (Å²) in [4.78, 5) is 16.8. The van der Waals surface area contributed by atoms with Gasteiger partial charge in [-0.15, -0.1) is 0 Å². The molecular weight excluding hydrogens is 254 g/mol. The van der Waals surface area contributed by atoms with E-state index in [4.69, 9.17) is 4.74 Å². The summed E-state index contributed by atoms with van der Waals surface area (Å²) < 4.78 is 5.64. The smallest absolute Gasteiger partial charge is 0.244 e. The van der Waals surface area contributed by atoms with Crippen LogP contribution in [0.5, 0.6) is 0 Å². The fourth-order valence-electron chi connectivity index (χ4n) is 3.30. The number of likely N-dealkylation sites (N-methyl/N-ethyl adjacent to an activating group) is 1. The van der Waals surface area contributed by atoms with Gasteiger partial charge in [0, 0.05) is 13.1 Å². The van der Waals surface area contributed by atoms with Crippen LogP contribution in [-0.4, -0.2) is 67.8 Å².